The third-order valence-electron chi connectivity index (χ3n) is 7.86. The van der Waals surface area contributed by atoms with E-state index in [1.807, 2.05) is 24.3 Å². The molecule has 4 rings (SSSR count). The molecule has 254 valence electrons. The maximum absolute atomic E-state index is 11.4. The highest BCUT2D eigenvalue weighted by molar-refractivity contribution is 5.77. The number of methoxy groups -OCH3 is 4. The Kier molecular flexibility index (Phi) is 11.7. The van der Waals surface area contributed by atoms with Crippen molar-refractivity contribution in [1.29, 1.82) is 0 Å². The maximum atomic E-state index is 11.4. The Morgan fingerprint density at radius 2 is 0.820 bits per heavy atom. The average Bonchev–Trinajstić information content (AvgIpc) is 3.07. The zero-order chi connectivity index (χ0) is 36.5. The predicted octanol–water partition coefficient (Wildman–Crippen LogP) is 8.52. The first kappa shape index (κ1) is 36.3. The molecular formula is C40H36N2O8. The van der Waals surface area contributed by atoms with E-state index in [1.165, 1.54) is 0 Å². The van der Waals surface area contributed by atoms with Crippen LogP contribution in [0.1, 0.15) is 55.6 Å². The Morgan fingerprint density at radius 1 is 0.500 bits per heavy atom. The van der Waals surface area contributed by atoms with Gasteiger partial charge in [-0.25, -0.2) is 0 Å². The van der Waals surface area contributed by atoms with Gasteiger partial charge in [-0.15, -0.1) is 0 Å². The molecule has 4 aromatic carbocycles. The van der Waals surface area contributed by atoms with Crippen LogP contribution in [0, 0.1) is 71.6 Å². The third kappa shape index (κ3) is 8.30. The highest BCUT2D eigenvalue weighted by atomic mass is 16.6. The lowest BCUT2D eigenvalue weighted by Crippen LogP contribution is -1.96. The van der Waals surface area contributed by atoms with Crippen LogP contribution in [0.3, 0.4) is 0 Å². The van der Waals surface area contributed by atoms with Gasteiger partial charge in [0.05, 0.1) is 49.4 Å². The van der Waals surface area contributed by atoms with Crippen LogP contribution >= 0.6 is 0 Å². The van der Waals surface area contributed by atoms with Gasteiger partial charge in [0, 0.05) is 45.5 Å². The summed E-state index contributed by atoms with van der Waals surface area (Å²) < 4.78 is 22.5. The summed E-state index contributed by atoms with van der Waals surface area (Å²) in [4.78, 5) is 22.0. The molecule has 0 atom stereocenters. The van der Waals surface area contributed by atoms with E-state index in [9.17, 15) is 20.2 Å². The lowest BCUT2D eigenvalue weighted by atomic mass is 10.0. The Bertz CT molecular complexity index is 1970. The summed E-state index contributed by atoms with van der Waals surface area (Å²) in [6.45, 7) is 6.87. The first-order valence-electron chi connectivity index (χ1n) is 15.3. The van der Waals surface area contributed by atoms with Gasteiger partial charge in [0.1, 0.15) is 23.0 Å². The number of nitro groups is 2. The van der Waals surface area contributed by atoms with E-state index < -0.39 is 0 Å². The fraction of sp³-hybridized carbons (Fsp3) is 0.200. The van der Waals surface area contributed by atoms with Crippen molar-refractivity contribution in [2.45, 2.75) is 27.7 Å². The fourth-order valence-electron chi connectivity index (χ4n) is 5.61. The molecule has 50 heavy (non-hydrogen) atoms. The summed E-state index contributed by atoms with van der Waals surface area (Å²) in [5.74, 6) is 14.0. The van der Waals surface area contributed by atoms with E-state index in [1.54, 1.807) is 105 Å². The summed E-state index contributed by atoms with van der Waals surface area (Å²) in [5, 5.41) is 22.7. The minimum absolute atomic E-state index is 0.112. The topological polar surface area (TPSA) is 123 Å². The van der Waals surface area contributed by atoms with Crippen LogP contribution in [0.4, 0.5) is 11.4 Å². The Labute approximate surface area is 291 Å². The fourth-order valence-corrected chi connectivity index (χ4v) is 5.61. The Balaban J connectivity index is 1.61. The van der Waals surface area contributed by atoms with Crippen LogP contribution in [0.5, 0.6) is 23.0 Å². The molecule has 0 aromatic heterocycles. The number of nitro benzene ring substituents is 2. The van der Waals surface area contributed by atoms with E-state index in [4.69, 9.17) is 18.9 Å². The lowest BCUT2D eigenvalue weighted by Gasteiger charge is -2.10. The van der Waals surface area contributed by atoms with Crippen molar-refractivity contribution in [3.63, 3.8) is 0 Å². The molecule has 0 N–H and O–H groups in total. The van der Waals surface area contributed by atoms with Gasteiger partial charge in [-0.1, -0.05) is 24.3 Å². The molecule has 0 bridgehead atoms. The summed E-state index contributed by atoms with van der Waals surface area (Å²) in [6.07, 6.45) is 7.42. The summed E-state index contributed by atoms with van der Waals surface area (Å²) in [5.41, 5.74) is 6.80. The monoisotopic (exact) mass is 672 g/mol. The number of hydrogen-bond acceptors (Lipinski definition) is 8. The molecule has 0 aliphatic heterocycles. The molecule has 0 heterocycles. The molecule has 0 fully saturated rings. The molecule has 0 spiro atoms. The SMILES string of the molecule is COc1cc(/C=C/c2cc(C)c([N+](=O)[O-])c(C)c2)c(OC)cc1C#CC#Cc1cc(OC)c(/C=C/c2cc(C)c([N+](=O)[O-])c(C)c2)cc1OC. The van der Waals surface area contributed by atoms with Crippen LogP contribution in [0.2, 0.25) is 0 Å². The van der Waals surface area contributed by atoms with Crippen LogP contribution in [0.15, 0.2) is 48.5 Å². The maximum Gasteiger partial charge on any atom is 0.275 e. The van der Waals surface area contributed by atoms with Crippen LogP contribution in [0.25, 0.3) is 24.3 Å². The number of nitrogens with zero attached hydrogens (tertiary/aromatic N) is 2. The minimum Gasteiger partial charge on any atom is -0.496 e. The zero-order valence-electron chi connectivity index (χ0n) is 29.1. The largest absolute Gasteiger partial charge is 0.496 e. The molecule has 0 unspecified atom stereocenters. The van der Waals surface area contributed by atoms with Crippen molar-refractivity contribution in [1.82, 2.24) is 0 Å². The average molecular weight is 673 g/mol. The summed E-state index contributed by atoms with van der Waals surface area (Å²) in [6, 6.07) is 14.2. The molecular weight excluding hydrogens is 636 g/mol. The van der Waals surface area contributed by atoms with Gasteiger partial charge in [0.15, 0.2) is 0 Å². The second-order valence-corrected chi connectivity index (χ2v) is 11.3. The standard InChI is InChI=1S/C40H36N2O8/c1-25-17-29(18-26(2)39(25)41(43)44)13-15-33-23-35(47-5)31(21-37(33)49-7)11-9-10-12-32-22-38(50-8)34(24-36(32)48-6)16-14-30-19-27(3)40(42(45)46)28(4)20-30/h13-24H,1-8H3/b15-13+,16-14+. The summed E-state index contributed by atoms with van der Waals surface area (Å²) in [7, 11) is 6.21. The van der Waals surface area contributed by atoms with E-state index >= 15 is 0 Å². The summed E-state index contributed by atoms with van der Waals surface area (Å²) >= 11 is 0. The van der Waals surface area contributed by atoms with Gasteiger partial charge in [0.25, 0.3) is 11.4 Å². The van der Waals surface area contributed by atoms with Gasteiger partial charge in [-0.3, -0.25) is 20.2 Å². The number of hydrogen-bond donors (Lipinski definition) is 0. The van der Waals surface area contributed by atoms with Crippen molar-refractivity contribution < 1.29 is 28.8 Å². The van der Waals surface area contributed by atoms with E-state index in [0.29, 0.717) is 56.4 Å². The normalized spacial score (nSPS) is 10.6. The first-order valence-corrected chi connectivity index (χ1v) is 15.3. The highest BCUT2D eigenvalue weighted by Gasteiger charge is 2.16. The number of benzene rings is 4. The Hall–Kier alpha value is -6.52. The third-order valence-corrected chi connectivity index (χ3v) is 7.86. The number of aryl methyl sites for hydroxylation is 4. The number of ether oxygens (including phenoxy) is 4. The van der Waals surface area contributed by atoms with Crippen LogP contribution < -0.4 is 18.9 Å². The predicted molar refractivity (Wildman–Crippen MR) is 196 cm³/mol. The van der Waals surface area contributed by atoms with Gasteiger partial charge in [-0.2, -0.15) is 0 Å². The molecule has 10 heteroatoms. The smallest absolute Gasteiger partial charge is 0.275 e. The van der Waals surface area contributed by atoms with E-state index in [2.05, 4.69) is 23.7 Å². The highest BCUT2D eigenvalue weighted by Crippen LogP contribution is 2.33. The molecule has 0 radical (unpaired) electrons. The quantitative estimate of drug-likeness (QED) is 0.0711. The van der Waals surface area contributed by atoms with E-state index in [-0.39, 0.29) is 21.2 Å². The van der Waals surface area contributed by atoms with Crippen molar-refractivity contribution in [2.75, 3.05) is 28.4 Å². The van der Waals surface area contributed by atoms with Gasteiger partial charge in [-0.05, 0) is 98.9 Å². The van der Waals surface area contributed by atoms with Crippen molar-refractivity contribution in [3.05, 3.63) is 124 Å². The minimum atomic E-state index is -0.368. The molecule has 0 aliphatic carbocycles. The molecule has 10 nitrogen and oxygen atoms in total. The lowest BCUT2D eigenvalue weighted by molar-refractivity contribution is -0.386. The van der Waals surface area contributed by atoms with Gasteiger partial charge < -0.3 is 18.9 Å². The van der Waals surface area contributed by atoms with Crippen LogP contribution in [-0.4, -0.2) is 38.3 Å². The zero-order valence-corrected chi connectivity index (χ0v) is 29.1. The first-order chi connectivity index (χ1) is 23.9. The van der Waals surface area contributed by atoms with Gasteiger partial charge in [0.2, 0.25) is 0 Å². The van der Waals surface area contributed by atoms with Gasteiger partial charge >= 0.3 is 0 Å². The van der Waals surface area contributed by atoms with Crippen LogP contribution in [-0.2, 0) is 0 Å². The molecule has 0 amide bonds. The molecule has 0 saturated heterocycles. The van der Waals surface area contributed by atoms with E-state index in [0.717, 1.165) is 22.3 Å². The molecule has 0 aliphatic rings. The second kappa shape index (κ2) is 16.1. The molecule has 4 aromatic rings. The van der Waals surface area contributed by atoms with Crippen molar-refractivity contribution in [3.8, 4) is 46.7 Å². The van der Waals surface area contributed by atoms with Crippen molar-refractivity contribution in [2.24, 2.45) is 0 Å². The van der Waals surface area contributed by atoms with Crippen molar-refractivity contribution >= 4 is 35.7 Å². The number of rotatable bonds is 10. The molecule has 0 saturated carbocycles. The second-order valence-electron chi connectivity index (χ2n) is 11.3. The Morgan fingerprint density at radius 3 is 1.10 bits per heavy atom.